The number of hydrogen-bond acceptors (Lipinski definition) is 2. The maximum Gasteiger partial charge on any atom is 0.0714 e. The number of hydrogen-bond donors (Lipinski definition) is 0. The van der Waals surface area contributed by atoms with Crippen LogP contribution >= 0.6 is 11.3 Å². The van der Waals surface area contributed by atoms with Crippen LogP contribution in [0, 0.1) is 0 Å². The van der Waals surface area contributed by atoms with E-state index in [0.717, 1.165) is 0 Å². The van der Waals surface area contributed by atoms with Crippen molar-refractivity contribution in [2.45, 2.75) is 42.9 Å². The zero-order chi connectivity index (χ0) is 40.1. The minimum atomic E-state index is -0.528. The predicted molar refractivity (Wildman–Crippen MR) is 258 cm³/mol. The maximum atomic E-state index is 2.57. The molecule has 3 aliphatic carbocycles. The van der Waals surface area contributed by atoms with Gasteiger partial charge in [0.25, 0.3) is 0 Å². The highest BCUT2D eigenvalue weighted by Crippen LogP contribution is 2.59. The Labute approximate surface area is 361 Å². The van der Waals surface area contributed by atoms with Crippen molar-refractivity contribution in [2.75, 3.05) is 4.90 Å². The first-order valence-corrected chi connectivity index (χ1v) is 22.8. The van der Waals surface area contributed by atoms with Gasteiger partial charge >= 0.3 is 0 Å². The molecule has 1 fully saturated rings. The SMILES string of the molecule is c1ccc(C2(c3ccc4ccccc4c3)c3ccccc3-c3ccc(N(c4ccc5c(c4)C4(CCCCC4)c4ccccc4-5)c4ccc5c(c4)sc4ccccc45)cc32)cc1. The van der Waals surface area contributed by atoms with Crippen LogP contribution in [0.3, 0.4) is 0 Å². The predicted octanol–water partition coefficient (Wildman–Crippen LogP) is 16.3. The summed E-state index contributed by atoms with van der Waals surface area (Å²) in [5, 5.41) is 5.16. The van der Waals surface area contributed by atoms with Gasteiger partial charge in [-0.05, 0) is 128 Å². The molecule has 1 aromatic heterocycles. The van der Waals surface area contributed by atoms with E-state index < -0.39 is 5.41 Å². The molecule has 3 aliphatic rings. The van der Waals surface area contributed by atoms with Gasteiger partial charge in [-0.25, -0.2) is 0 Å². The van der Waals surface area contributed by atoms with Gasteiger partial charge in [0, 0.05) is 42.6 Å². The molecule has 9 aromatic carbocycles. The van der Waals surface area contributed by atoms with E-state index in [0.29, 0.717) is 0 Å². The molecule has 1 spiro atoms. The van der Waals surface area contributed by atoms with Crippen LogP contribution in [-0.4, -0.2) is 0 Å². The molecule has 290 valence electrons. The average Bonchev–Trinajstić information content (AvgIpc) is 3.93. The number of anilines is 3. The number of nitrogens with zero attached hydrogens (tertiary/aromatic N) is 1. The minimum absolute atomic E-state index is 0.0550. The zero-order valence-electron chi connectivity index (χ0n) is 33.9. The Kier molecular flexibility index (Phi) is 7.69. The summed E-state index contributed by atoms with van der Waals surface area (Å²) in [5.74, 6) is 0. The van der Waals surface area contributed by atoms with Gasteiger partial charge in [-0.1, -0.05) is 171 Å². The van der Waals surface area contributed by atoms with E-state index in [4.69, 9.17) is 0 Å². The van der Waals surface area contributed by atoms with Gasteiger partial charge in [0.2, 0.25) is 0 Å². The summed E-state index contributed by atoms with van der Waals surface area (Å²) >= 11 is 1.89. The van der Waals surface area contributed by atoms with Crippen molar-refractivity contribution in [3.05, 3.63) is 234 Å². The Morgan fingerprint density at radius 2 is 0.951 bits per heavy atom. The standard InChI is InChI=1S/C59H43NS/c1-3-17-41(18-4-1)59(42-26-25-39-15-5-6-16-40(39)35-42)53-23-11-8-20-47(53)49-31-28-44(37-55(49)59)60(45-29-32-51-50-21-9-12-24-56(50)61-57(51)38-45)43-27-30-48-46-19-7-10-22-52(46)58(54(48)36-43)33-13-2-14-34-58/h1,3-12,15-32,35-38H,2,13-14,33-34H2. The first-order valence-electron chi connectivity index (χ1n) is 22.0. The fourth-order valence-electron chi connectivity index (χ4n) is 11.9. The molecule has 61 heavy (non-hydrogen) atoms. The summed E-state index contributed by atoms with van der Waals surface area (Å²) in [4.78, 5) is 2.56. The van der Waals surface area contributed by atoms with Crippen LogP contribution < -0.4 is 4.90 Å². The second kappa shape index (κ2) is 13.4. The summed E-state index contributed by atoms with van der Waals surface area (Å²) in [6, 6.07) is 76.2. The summed E-state index contributed by atoms with van der Waals surface area (Å²) in [6.45, 7) is 0. The van der Waals surface area contributed by atoms with Crippen LogP contribution in [0.2, 0.25) is 0 Å². The number of benzene rings is 9. The lowest BCUT2D eigenvalue weighted by molar-refractivity contribution is 0.353. The molecule has 1 unspecified atom stereocenters. The summed E-state index contributed by atoms with van der Waals surface area (Å²) in [5.41, 5.74) is 16.7. The van der Waals surface area contributed by atoms with E-state index in [-0.39, 0.29) is 5.41 Å². The van der Waals surface area contributed by atoms with Gasteiger partial charge in [-0.3, -0.25) is 0 Å². The Balaban J connectivity index is 1.08. The Morgan fingerprint density at radius 1 is 0.361 bits per heavy atom. The summed E-state index contributed by atoms with van der Waals surface area (Å²) in [6.07, 6.45) is 6.27. The summed E-state index contributed by atoms with van der Waals surface area (Å²) < 4.78 is 2.64. The molecule has 10 aromatic rings. The van der Waals surface area contributed by atoms with Crippen LogP contribution in [-0.2, 0) is 10.8 Å². The fourth-order valence-corrected chi connectivity index (χ4v) is 13.0. The molecular formula is C59H43NS. The van der Waals surface area contributed by atoms with Gasteiger partial charge in [0.05, 0.1) is 5.41 Å². The van der Waals surface area contributed by atoms with Gasteiger partial charge in [-0.15, -0.1) is 11.3 Å². The Morgan fingerprint density at radius 3 is 1.77 bits per heavy atom. The third-order valence-corrected chi connectivity index (χ3v) is 15.6. The van der Waals surface area contributed by atoms with Crippen molar-refractivity contribution in [3.8, 4) is 22.3 Å². The minimum Gasteiger partial charge on any atom is -0.310 e. The fraction of sp³-hybridized carbons (Fsp3) is 0.119. The monoisotopic (exact) mass is 797 g/mol. The van der Waals surface area contributed by atoms with E-state index in [1.54, 1.807) is 0 Å². The largest absolute Gasteiger partial charge is 0.310 e. The van der Waals surface area contributed by atoms with Crippen LogP contribution in [0.5, 0.6) is 0 Å². The maximum absolute atomic E-state index is 2.57. The second-order valence-corrected chi connectivity index (χ2v) is 18.6. The lowest BCUT2D eigenvalue weighted by atomic mass is 9.67. The van der Waals surface area contributed by atoms with E-state index >= 15 is 0 Å². The molecule has 0 N–H and O–H groups in total. The number of fused-ring (bicyclic) bond motifs is 12. The lowest BCUT2D eigenvalue weighted by Gasteiger charge is -2.37. The topological polar surface area (TPSA) is 3.24 Å². The molecule has 0 radical (unpaired) electrons. The second-order valence-electron chi connectivity index (χ2n) is 17.5. The van der Waals surface area contributed by atoms with Gasteiger partial charge in [-0.2, -0.15) is 0 Å². The van der Waals surface area contributed by atoms with E-state index in [2.05, 4.69) is 205 Å². The van der Waals surface area contributed by atoms with Crippen molar-refractivity contribution < 1.29 is 0 Å². The van der Waals surface area contributed by atoms with E-state index in [9.17, 15) is 0 Å². The molecule has 0 aliphatic heterocycles. The normalized spacial score (nSPS) is 17.0. The highest BCUT2D eigenvalue weighted by Gasteiger charge is 2.47. The molecule has 1 saturated carbocycles. The van der Waals surface area contributed by atoms with Crippen molar-refractivity contribution in [2.24, 2.45) is 0 Å². The molecule has 1 heterocycles. The molecule has 13 rings (SSSR count). The van der Waals surface area contributed by atoms with Crippen LogP contribution in [0.25, 0.3) is 53.2 Å². The molecule has 1 nitrogen and oxygen atoms in total. The van der Waals surface area contributed by atoms with Crippen molar-refractivity contribution >= 4 is 59.3 Å². The lowest BCUT2D eigenvalue weighted by Crippen LogP contribution is -2.29. The third kappa shape index (κ3) is 5.00. The highest BCUT2D eigenvalue weighted by molar-refractivity contribution is 7.25. The van der Waals surface area contributed by atoms with Crippen molar-refractivity contribution in [3.63, 3.8) is 0 Å². The number of thiophene rings is 1. The van der Waals surface area contributed by atoms with Crippen molar-refractivity contribution in [1.29, 1.82) is 0 Å². The molecule has 1 atom stereocenters. The quantitative estimate of drug-likeness (QED) is 0.168. The first kappa shape index (κ1) is 35.1. The first-order chi connectivity index (χ1) is 30.2. The van der Waals surface area contributed by atoms with Crippen LogP contribution in [0.15, 0.2) is 200 Å². The van der Waals surface area contributed by atoms with Gasteiger partial charge in [0.1, 0.15) is 0 Å². The van der Waals surface area contributed by atoms with Gasteiger partial charge < -0.3 is 4.90 Å². The number of rotatable bonds is 5. The highest BCUT2D eigenvalue weighted by atomic mass is 32.1. The zero-order valence-corrected chi connectivity index (χ0v) is 34.8. The Bertz CT molecular complexity index is 3370. The van der Waals surface area contributed by atoms with Crippen molar-refractivity contribution in [1.82, 2.24) is 0 Å². The van der Waals surface area contributed by atoms with Gasteiger partial charge in [0.15, 0.2) is 0 Å². The van der Waals surface area contributed by atoms with Crippen LogP contribution in [0.1, 0.15) is 65.5 Å². The molecule has 0 bridgehead atoms. The summed E-state index contributed by atoms with van der Waals surface area (Å²) in [7, 11) is 0. The molecule has 2 heteroatoms. The Hall–Kier alpha value is -6.74. The van der Waals surface area contributed by atoms with E-state index in [1.165, 1.54) is 136 Å². The third-order valence-electron chi connectivity index (χ3n) is 14.5. The molecule has 0 amide bonds. The average molecular weight is 798 g/mol. The molecule has 0 saturated heterocycles. The van der Waals surface area contributed by atoms with E-state index in [1.807, 2.05) is 11.3 Å². The smallest absolute Gasteiger partial charge is 0.0714 e. The molecular weight excluding hydrogens is 755 g/mol. The van der Waals surface area contributed by atoms with Crippen LogP contribution in [0.4, 0.5) is 17.1 Å².